The highest BCUT2D eigenvalue weighted by molar-refractivity contribution is 5.87. The van der Waals surface area contributed by atoms with Gasteiger partial charge in [0.15, 0.2) is 0 Å². The SMILES string of the molecule is CC(C)C[C@@H]1NC(=O)[C@@H](Cc2c[nH]c3ccccc23)n2c1nc1ccc(O)cc1c2=O. The van der Waals surface area contributed by atoms with Crippen LogP contribution in [0.3, 0.4) is 0 Å². The first-order chi connectivity index (χ1) is 14.9. The van der Waals surface area contributed by atoms with E-state index in [1.807, 2.05) is 30.5 Å². The smallest absolute Gasteiger partial charge is 0.262 e. The lowest BCUT2D eigenvalue weighted by molar-refractivity contribution is -0.126. The molecule has 1 aliphatic heterocycles. The van der Waals surface area contributed by atoms with E-state index in [0.29, 0.717) is 35.5 Å². The number of phenolic OH excluding ortho intramolecular Hbond substituents is 1. The monoisotopic (exact) mass is 416 g/mol. The third-order valence-electron chi connectivity index (χ3n) is 5.95. The van der Waals surface area contributed by atoms with Crippen LogP contribution >= 0.6 is 0 Å². The number of carbonyl (C=O) groups is 1. The Balaban J connectivity index is 1.69. The van der Waals surface area contributed by atoms with Crippen LogP contribution < -0.4 is 10.9 Å². The average Bonchev–Trinajstić information content (AvgIpc) is 3.14. The summed E-state index contributed by atoms with van der Waals surface area (Å²) in [7, 11) is 0. The van der Waals surface area contributed by atoms with Gasteiger partial charge < -0.3 is 15.4 Å². The number of para-hydroxylation sites is 1. The third-order valence-corrected chi connectivity index (χ3v) is 5.95. The van der Waals surface area contributed by atoms with Gasteiger partial charge in [-0.05, 0) is 42.2 Å². The van der Waals surface area contributed by atoms with E-state index in [4.69, 9.17) is 4.98 Å². The second-order valence-electron chi connectivity index (χ2n) is 8.62. The molecule has 4 aromatic rings. The standard InChI is InChI=1S/C24H24N4O3/c1-13(2)9-20-22-26-19-8-7-15(29)11-17(19)24(31)28(22)21(23(30)27-20)10-14-12-25-18-6-4-3-5-16(14)18/h3-8,11-13,20-21,25,29H,9-10H2,1-2H3,(H,27,30)/t20-,21+/m0/s1. The highest BCUT2D eigenvalue weighted by Crippen LogP contribution is 2.31. The van der Waals surface area contributed by atoms with Gasteiger partial charge in [-0.1, -0.05) is 32.0 Å². The minimum absolute atomic E-state index is 0.000815. The van der Waals surface area contributed by atoms with Crippen LogP contribution in [0.4, 0.5) is 0 Å². The van der Waals surface area contributed by atoms with Crippen molar-refractivity contribution in [1.82, 2.24) is 19.9 Å². The summed E-state index contributed by atoms with van der Waals surface area (Å²) in [6.07, 6.45) is 2.94. The topological polar surface area (TPSA) is 100 Å². The van der Waals surface area contributed by atoms with Gasteiger partial charge in [0.05, 0.1) is 16.9 Å². The summed E-state index contributed by atoms with van der Waals surface area (Å²) in [4.78, 5) is 34.7. The molecule has 31 heavy (non-hydrogen) atoms. The van der Waals surface area contributed by atoms with Crippen LogP contribution in [0.1, 0.15) is 43.7 Å². The van der Waals surface area contributed by atoms with Crippen molar-refractivity contribution in [3.05, 3.63) is 70.4 Å². The largest absolute Gasteiger partial charge is 0.508 e. The maximum Gasteiger partial charge on any atom is 0.262 e. The number of nitrogens with one attached hydrogen (secondary N) is 2. The zero-order valence-corrected chi connectivity index (χ0v) is 17.4. The van der Waals surface area contributed by atoms with Crippen molar-refractivity contribution in [2.24, 2.45) is 5.92 Å². The third kappa shape index (κ3) is 3.26. The number of aromatic nitrogens is 3. The maximum absolute atomic E-state index is 13.5. The Labute approximate surface area is 178 Å². The molecular formula is C24H24N4O3. The highest BCUT2D eigenvalue weighted by atomic mass is 16.3. The highest BCUT2D eigenvalue weighted by Gasteiger charge is 2.36. The summed E-state index contributed by atoms with van der Waals surface area (Å²) in [5, 5.41) is 14.4. The van der Waals surface area contributed by atoms with Gasteiger partial charge in [-0.25, -0.2) is 4.98 Å². The molecule has 0 bridgehead atoms. The average molecular weight is 416 g/mol. The van der Waals surface area contributed by atoms with Crippen LogP contribution in [0, 0.1) is 5.92 Å². The Morgan fingerprint density at radius 1 is 1.13 bits per heavy atom. The van der Waals surface area contributed by atoms with Crippen molar-refractivity contribution in [3.63, 3.8) is 0 Å². The van der Waals surface area contributed by atoms with Crippen molar-refractivity contribution >= 4 is 27.7 Å². The van der Waals surface area contributed by atoms with Crippen LogP contribution in [0.15, 0.2) is 53.5 Å². The number of rotatable bonds is 4. The molecule has 0 aliphatic carbocycles. The van der Waals surface area contributed by atoms with E-state index < -0.39 is 6.04 Å². The number of aromatic amines is 1. The molecule has 3 N–H and O–H groups in total. The molecule has 0 saturated carbocycles. The summed E-state index contributed by atoms with van der Waals surface area (Å²) in [5.74, 6) is 0.698. The van der Waals surface area contributed by atoms with Gasteiger partial charge in [-0.15, -0.1) is 0 Å². The molecule has 1 aliphatic rings. The van der Waals surface area contributed by atoms with E-state index in [-0.39, 0.29) is 23.3 Å². The number of phenols is 1. The molecule has 0 spiro atoms. The first-order valence-corrected chi connectivity index (χ1v) is 10.5. The molecule has 3 heterocycles. The Morgan fingerprint density at radius 2 is 1.94 bits per heavy atom. The normalized spacial score (nSPS) is 18.5. The zero-order valence-electron chi connectivity index (χ0n) is 17.4. The van der Waals surface area contributed by atoms with E-state index in [0.717, 1.165) is 16.5 Å². The lowest BCUT2D eigenvalue weighted by Gasteiger charge is -2.33. The quantitative estimate of drug-likeness (QED) is 0.473. The molecule has 7 nitrogen and oxygen atoms in total. The summed E-state index contributed by atoms with van der Waals surface area (Å²) in [6.45, 7) is 4.15. The lowest BCUT2D eigenvalue weighted by Crippen LogP contribution is -2.48. The molecule has 7 heteroatoms. The van der Waals surface area contributed by atoms with Crippen molar-refractivity contribution in [1.29, 1.82) is 0 Å². The molecule has 0 radical (unpaired) electrons. The van der Waals surface area contributed by atoms with Crippen LogP contribution in [-0.2, 0) is 11.2 Å². The first kappa shape index (κ1) is 19.4. The molecule has 5 rings (SSSR count). The number of hydrogen-bond donors (Lipinski definition) is 3. The van der Waals surface area contributed by atoms with Crippen molar-refractivity contribution in [3.8, 4) is 5.75 Å². The molecule has 2 atom stereocenters. The lowest BCUT2D eigenvalue weighted by atomic mass is 9.96. The van der Waals surface area contributed by atoms with Crippen LogP contribution in [0.5, 0.6) is 5.75 Å². The minimum Gasteiger partial charge on any atom is -0.508 e. The number of H-pyrrole nitrogens is 1. The minimum atomic E-state index is -0.718. The fourth-order valence-corrected chi connectivity index (χ4v) is 4.53. The second-order valence-corrected chi connectivity index (χ2v) is 8.62. The van der Waals surface area contributed by atoms with Crippen molar-refractivity contribution < 1.29 is 9.90 Å². The van der Waals surface area contributed by atoms with Crippen molar-refractivity contribution in [2.45, 2.75) is 38.8 Å². The molecule has 0 fully saturated rings. The fraction of sp³-hybridized carbons (Fsp3) is 0.292. The predicted molar refractivity (Wildman–Crippen MR) is 119 cm³/mol. The summed E-state index contributed by atoms with van der Waals surface area (Å²) < 4.78 is 1.54. The van der Waals surface area contributed by atoms with E-state index in [2.05, 4.69) is 24.1 Å². The molecule has 1 amide bonds. The molecule has 0 unspecified atom stereocenters. The van der Waals surface area contributed by atoms with Gasteiger partial charge in [-0.2, -0.15) is 0 Å². The van der Waals surface area contributed by atoms with Crippen LogP contribution in [0.25, 0.3) is 21.8 Å². The van der Waals surface area contributed by atoms with Gasteiger partial charge in [0, 0.05) is 23.5 Å². The molecule has 2 aromatic heterocycles. The van der Waals surface area contributed by atoms with E-state index in [1.165, 1.54) is 16.7 Å². The summed E-state index contributed by atoms with van der Waals surface area (Å²) >= 11 is 0. The van der Waals surface area contributed by atoms with Gasteiger partial charge in [-0.3, -0.25) is 14.2 Å². The van der Waals surface area contributed by atoms with Crippen LogP contribution in [0.2, 0.25) is 0 Å². The van der Waals surface area contributed by atoms with Gasteiger partial charge in [0.25, 0.3) is 5.56 Å². The number of aromatic hydroxyl groups is 1. The maximum atomic E-state index is 13.5. The Bertz CT molecular complexity index is 1370. The second kappa shape index (κ2) is 7.27. The summed E-state index contributed by atoms with van der Waals surface area (Å²) in [6, 6.07) is 11.4. The molecular weight excluding hydrogens is 392 g/mol. The fourth-order valence-electron chi connectivity index (χ4n) is 4.53. The number of amides is 1. The number of benzene rings is 2. The van der Waals surface area contributed by atoms with Gasteiger partial charge >= 0.3 is 0 Å². The van der Waals surface area contributed by atoms with Gasteiger partial charge in [0.2, 0.25) is 5.91 Å². The number of carbonyl (C=O) groups excluding carboxylic acids is 1. The number of nitrogens with zero attached hydrogens (tertiary/aromatic N) is 2. The van der Waals surface area contributed by atoms with Crippen molar-refractivity contribution in [2.75, 3.05) is 0 Å². The zero-order chi connectivity index (χ0) is 21.7. The number of hydrogen-bond acceptors (Lipinski definition) is 4. The van der Waals surface area contributed by atoms with E-state index >= 15 is 0 Å². The Hall–Kier alpha value is -3.61. The molecule has 2 aromatic carbocycles. The molecule has 158 valence electrons. The van der Waals surface area contributed by atoms with Gasteiger partial charge in [0.1, 0.15) is 17.6 Å². The number of fused-ring (bicyclic) bond motifs is 3. The first-order valence-electron chi connectivity index (χ1n) is 10.5. The Kier molecular flexibility index (Phi) is 4.54. The predicted octanol–water partition coefficient (Wildman–Crippen LogP) is 3.58. The molecule has 0 saturated heterocycles. The van der Waals surface area contributed by atoms with Crippen LogP contribution in [-0.4, -0.2) is 25.5 Å². The van der Waals surface area contributed by atoms with E-state index in [9.17, 15) is 14.7 Å². The Morgan fingerprint density at radius 3 is 2.74 bits per heavy atom. The van der Waals surface area contributed by atoms with E-state index in [1.54, 1.807) is 6.07 Å². The summed E-state index contributed by atoms with van der Waals surface area (Å²) in [5.41, 5.74) is 2.17.